The van der Waals surface area contributed by atoms with Gasteiger partial charge in [-0.05, 0) is 47.0 Å². The number of nitrogens with zero attached hydrogens (tertiary/aromatic N) is 4. The summed E-state index contributed by atoms with van der Waals surface area (Å²) in [7, 11) is 0. The molecule has 1 fully saturated rings. The smallest absolute Gasteiger partial charge is 0.328 e. The average Bonchev–Trinajstić information content (AvgIpc) is 3.15. The summed E-state index contributed by atoms with van der Waals surface area (Å²) >= 11 is 0. The van der Waals surface area contributed by atoms with Crippen LogP contribution < -0.4 is 0 Å². The van der Waals surface area contributed by atoms with E-state index >= 15 is 0 Å². The molecule has 1 N–H and O–H groups in total. The maximum Gasteiger partial charge on any atom is 0.328 e. The summed E-state index contributed by atoms with van der Waals surface area (Å²) in [6.45, 7) is 0. The number of carboxylic acids is 1. The third-order valence-electron chi connectivity index (χ3n) is 2.99. The molecule has 3 rings (SSSR count). The largest absolute Gasteiger partial charge is 0.478 e. The van der Waals surface area contributed by atoms with Gasteiger partial charge >= 0.3 is 5.97 Å². The van der Waals surface area contributed by atoms with Crippen molar-refractivity contribution in [3.8, 4) is 5.69 Å². The van der Waals surface area contributed by atoms with E-state index in [-0.39, 0.29) is 0 Å². The van der Waals surface area contributed by atoms with Gasteiger partial charge in [0.05, 0.1) is 5.69 Å². The van der Waals surface area contributed by atoms with Crippen molar-refractivity contribution in [2.24, 2.45) is 0 Å². The van der Waals surface area contributed by atoms with Crippen LogP contribution in [0.3, 0.4) is 0 Å². The Morgan fingerprint density at radius 3 is 2.68 bits per heavy atom. The highest BCUT2D eigenvalue weighted by atomic mass is 16.4. The fourth-order valence-electron chi connectivity index (χ4n) is 1.87. The van der Waals surface area contributed by atoms with Crippen molar-refractivity contribution >= 4 is 12.0 Å². The van der Waals surface area contributed by atoms with Crippen molar-refractivity contribution in [1.82, 2.24) is 20.2 Å². The van der Waals surface area contributed by atoms with Crippen LogP contribution >= 0.6 is 0 Å². The third-order valence-corrected chi connectivity index (χ3v) is 2.99. The van der Waals surface area contributed by atoms with Gasteiger partial charge in [0.1, 0.15) is 0 Å². The molecule has 2 aromatic rings. The highest BCUT2D eigenvalue weighted by Gasteiger charge is 2.29. The lowest BCUT2D eigenvalue weighted by Gasteiger charge is -2.03. The second kappa shape index (κ2) is 4.64. The SMILES string of the molecule is O=C(O)/C=C/c1ccc(-n2nnnc2C2CC2)cc1. The lowest BCUT2D eigenvalue weighted by Crippen LogP contribution is -2.01. The zero-order valence-electron chi connectivity index (χ0n) is 10.1. The first-order valence-electron chi connectivity index (χ1n) is 6.04. The molecule has 1 saturated carbocycles. The summed E-state index contributed by atoms with van der Waals surface area (Å²) in [6.07, 6.45) is 4.94. The number of carbonyl (C=O) groups is 1. The van der Waals surface area contributed by atoms with E-state index in [2.05, 4.69) is 15.5 Å². The molecule has 0 amide bonds. The van der Waals surface area contributed by atoms with Crippen LogP contribution in [0.4, 0.5) is 0 Å². The standard InChI is InChI=1S/C13H12N4O2/c18-12(19)8-3-9-1-6-11(7-2-9)17-13(10-4-5-10)14-15-16-17/h1-3,6-8,10H,4-5H2,(H,18,19)/b8-3+. The van der Waals surface area contributed by atoms with Crippen LogP contribution in [0.1, 0.15) is 30.1 Å². The Balaban J connectivity index is 1.85. The summed E-state index contributed by atoms with van der Waals surface area (Å²) in [4.78, 5) is 10.4. The van der Waals surface area contributed by atoms with Gasteiger partial charge in [0, 0.05) is 12.0 Å². The molecule has 0 saturated heterocycles. The first-order valence-corrected chi connectivity index (χ1v) is 6.04. The lowest BCUT2D eigenvalue weighted by molar-refractivity contribution is -0.131. The maximum absolute atomic E-state index is 10.4. The Bertz CT molecular complexity index is 626. The second-order valence-corrected chi connectivity index (χ2v) is 4.49. The van der Waals surface area contributed by atoms with Crippen molar-refractivity contribution in [3.63, 3.8) is 0 Å². The summed E-state index contributed by atoms with van der Waals surface area (Å²) in [6, 6.07) is 7.44. The highest BCUT2D eigenvalue weighted by Crippen LogP contribution is 2.39. The van der Waals surface area contributed by atoms with E-state index in [1.807, 2.05) is 24.3 Å². The molecule has 1 aliphatic carbocycles. The normalized spacial score (nSPS) is 14.9. The zero-order valence-corrected chi connectivity index (χ0v) is 10.1. The molecule has 1 aromatic heterocycles. The molecule has 1 heterocycles. The predicted molar refractivity (Wildman–Crippen MR) is 67.8 cm³/mol. The molecule has 1 aliphatic rings. The minimum atomic E-state index is -0.958. The van der Waals surface area contributed by atoms with Gasteiger partial charge in [-0.15, -0.1) is 5.10 Å². The first-order chi connectivity index (χ1) is 9.24. The highest BCUT2D eigenvalue weighted by molar-refractivity contribution is 5.85. The van der Waals surface area contributed by atoms with Crippen molar-refractivity contribution in [2.75, 3.05) is 0 Å². The van der Waals surface area contributed by atoms with E-state index in [0.29, 0.717) is 5.92 Å². The Labute approximate surface area is 109 Å². The molecule has 19 heavy (non-hydrogen) atoms. The van der Waals surface area contributed by atoms with Crippen LogP contribution in [-0.2, 0) is 4.79 Å². The Kier molecular flexibility index (Phi) is 2.83. The third kappa shape index (κ3) is 2.52. The van der Waals surface area contributed by atoms with Crippen LogP contribution in [0.25, 0.3) is 11.8 Å². The van der Waals surface area contributed by atoms with Crippen LogP contribution in [0.5, 0.6) is 0 Å². The van der Waals surface area contributed by atoms with E-state index in [9.17, 15) is 4.79 Å². The quantitative estimate of drug-likeness (QED) is 0.841. The van der Waals surface area contributed by atoms with E-state index < -0.39 is 5.97 Å². The molecular weight excluding hydrogens is 244 g/mol. The second-order valence-electron chi connectivity index (χ2n) is 4.49. The van der Waals surface area contributed by atoms with Crippen molar-refractivity contribution in [3.05, 3.63) is 41.7 Å². The van der Waals surface area contributed by atoms with Gasteiger partial charge in [0.25, 0.3) is 0 Å². The number of hydrogen-bond donors (Lipinski definition) is 1. The van der Waals surface area contributed by atoms with E-state index in [0.717, 1.165) is 36.0 Å². The van der Waals surface area contributed by atoms with E-state index in [1.54, 1.807) is 10.8 Å². The first kappa shape index (κ1) is 11.6. The van der Waals surface area contributed by atoms with Gasteiger partial charge in [0.2, 0.25) is 0 Å². The van der Waals surface area contributed by atoms with E-state index in [4.69, 9.17) is 5.11 Å². The number of rotatable bonds is 4. The molecule has 0 aliphatic heterocycles. The van der Waals surface area contributed by atoms with Crippen LogP contribution in [0, 0.1) is 0 Å². The average molecular weight is 256 g/mol. The summed E-state index contributed by atoms with van der Waals surface area (Å²) in [5.74, 6) is 0.413. The fraction of sp³-hybridized carbons (Fsp3) is 0.231. The Morgan fingerprint density at radius 2 is 2.05 bits per heavy atom. The van der Waals surface area contributed by atoms with Gasteiger partial charge < -0.3 is 5.11 Å². The van der Waals surface area contributed by atoms with Crippen molar-refractivity contribution < 1.29 is 9.90 Å². The van der Waals surface area contributed by atoms with Gasteiger partial charge in [-0.1, -0.05) is 12.1 Å². The molecule has 6 heteroatoms. The molecule has 0 radical (unpaired) electrons. The van der Waals surface area contributed by atoms with Gasteiger partial charge in [0.15, 0.2) is 5.82 Å². The molecule has 0 atom stereocenters. The number of aromatic nitrogens is 4. The maximum atomic E-state index is 10.4. The van der Waals surface area contributed by atoms with Crippen LogP contribution in [-0.4, -0.2) is 31.3 Å². The monoisotopic (exact) mass is 256 g/mol. The molecule has 96 valence electrons. The predicted octanol–water partition coefficient (Wildman–Crippen LogP) is 1.64. The molecule has 6 nitrogen and oxygen atoms in total. The molecule has 0 spiro atoms. The number of tetrazole rings is 1. The fourth-order valence-corrected chi connectivity index (χ4v) is 1.87. The topological polar surface area (TPSA) is 80.9 Å². The molecular formula is C13H12N4O2. The molecule has 1 aromatic carbocycles. The Morgan fingerprint density at radius 1 is 1.32 bits per heavy atom. The number of hydrogen-bond acceptors (Lipinski definition) is 4. The van der Waals surface area contributed by atoms with Gasteiger partial charge in [-0.2, -0.15) is 4.68 Å². The van der Waals surface area contributed by atoms with Gasteiger partial charge in [-0.3, -0.25) is 0 Å². The van der Waals surface area contributed by atoms with Gasteiger partial charge in [-0.25, -0.2) is 4.79 Å². The molecule has 0 unspecified atom stereocenters. The number of aliphatic carboxylic acids is 1. The lowest BCUT2D eigenvalue weighted by atomic mass is 10.2. The summed E-state index contributed by atoms with van der Waals surface area (Å²) in [5.41, 5.74) is 1.71. The number of carboxylic acid groups (broad SMARTS) is 1. The van der Waals surface area contributed by atoms with Crippen molar-refractivity contribution in [1.29, 1.82) is 0 Å². The zero-order chi connectivity index (χ0) is 13.2. The minimum Gasteiger partial charge on any atom is -0.478 e. The number of benzene rings is 1. The molecule has 0 bridgehead atoms. The summed E-state index contributed by atoms with van der Waals surface area (Å²) in [5, 5.41) is 20.3. The van der Waals surface area contributed by atoms with Crippen LogP contribution in [0.15, 0.2) is 30.3 Å². The minimum absolute atomic E-state index is 0.474. The van der Waals surface area contributed by atoms with Crippen molar-refractivity contribution in [2.45, 2.75) is 18.8 Å². The van der Waals surface area contributed by atoms with E-state index in [1.165, 1.54) is 0 Å². The van der Waals surface area contributed by atoms with Crippen LogP contribution in [0.2, 0.25) is 0 Å². The summed E-state index contributed by atoms with van der Waals surface area (Å²) < 4.78 is 1.74. The Hall–Kier alpha value is -2.50.